The van der Waals surface area contributed by atoms with Crippen molar-refractivity contribution >= 4 is 11.5 Å². The van der Waals surface area contributed by atoms with E-state index in [2.05, 4.69) is 30.2 Å². The molecule has 1 heterocycles. The molecule has 1 aromatic rings. The van der Waals surface area contributed by atoms with Crippen LogP contribution in [0, 0.1) is 0 Å². The van der Waals surface area contributed by atoms with Crippen molar-refractivity contribution in [1.29, 1.82) is 0 Å². The number of allylic oxidation sites excluding steroid dienone is 1. The molecule has 3 nitrogen and oxygen atoms in total. The number of aromatic nitrogens is 1. The van der Waals surface area contributed by atoms with Crippen molar-refractivity contribution in [3.8, 4) is 0 Å². The van der Waals surface area contributed by atoms with Gasteiger partial charge in [0.2, 0.25) is 0 Å². The lowest BCUT2D eigenvalue weighted by Crippen LogP contribution is -2.00. The maximum atomic E-state index is 5.50. The van der Waals surface area contributed by atoms with E-state index in [1.807, 2.05) is 12.1 Å². The summed E-state index contributed by atoms with van der Waals surface area (Å²) in [4.78, 5) is 4.11. The van der Waals surface area contributed by atoms with Gasteiger partial charge < -0.3 is 11.1 Å². The highest BCUT2D eigenvalue weighted by Crippen LogP contribution is 2.05. The fourth-order valence-corrected chi connectivity index (χ4v) is 0.870. The highest BCUT2D eigenvalue weighted by molar-refractivity contribution is 5.43. The topological polar surface area (TPSA) is 50.9 Å². The number of nitrogens with one attached hydrogen (secondary N) is 1. The summed E-state index contributed by atoms with van der Waals surface area (Å²) in [5.74, 6) is 0.853. The first kappa shape index (κ1) is 9.58. The molecular formula is C10H15N3. The first-order valence-electron chi connectivity index (χ1n) is 4.27. The van der Waals surface area contributed by atoms with Crippen LogP contribution in [0.1, 0.15) is 13.8 Å². The van der Waals surface area contributed by atoms with Gasteiger partial charge >= 0.3 is 0 Å². The molecule has 0 spiro atoms. The molecule has 70 valence electrons. The second kappa shape index (κ2) is 4.50. The molecule has 0 atom stereocenters. The van der Waals surface area contributed by atoms with Crippen LogP contribution in [0.2, 0.25) is 0 Å². The Morgan fingerprint density at radius 3 is 2.85 bits per heavy atom. The first-order chi connectivity index (χ1) is 6.18. The molecule has 0 bridgehead atoms. The van der Waals surface area contributed by atoms with E-state index < -0.39 is 0 Å². The van der Waals surface area contributed by atoms with Gasteiger partial charge in [-0.1, -0.05) is 11.6 Å². The number of hydrogen-bond acceptors (Lipinski definition) is 3. The summed E-state index contributed by atoms with van der Waals surface area (Å²) in [6.45, 7) is 4.94. The van der Waals surface area contributed by atoms with Crippen molar-refractivity contribution in [3.63, 3.8) is 0 Å². The molecule has 3 heteroatoms. The normalized spacial score (nSPS) is 9.38. The molecular weight excluding hydrogens is 162 g/mol. The average molecular weight is 177 g/mol. The van der Waals surface area contributed by atoms with Gasteiger partial charge in [-0.05, 0) is 26.0 Å². The molecule has 0 aliphatic rings. The van der Waals surface area contributed by atoms with Crippen LogP contribution >= 0.6 is 0 Å². The van der Waals surface area contributed by atoms with Crippen LogP contribution in [0.25, 0.3) is 0 Å². The predicted molar refractivity (Wildman–Crippen MR) is 56.6 cm³/mol. The minimum atomic E-state index is 0.688. The molecule has 0 radical (unpaired) electrons. The lowest BCUT2D eigenvalue weighted by Gasteiger charge is -2.02. The quantitative estimate of drug-likeness (QED) is 0.695. The monoisotopic (exact) mass is 177 g/mol. The van der Waals surface area contributed by atoms with Gasteiger partial charge in [0.05, 0.1) is 11.9 Å². The number of nitrogens with zero attached hydrogens (tertiary/aromatic N) is 1. The van der Waals surface area contributed by atoms with E-state index in [9.17, 15) is 0 Å². The van der Waals surface area contributed by atoms with Crippen molar-refractivity contribution < 1.29 is 0 Å². The van der Waals surface area contributed by atoms with Crippen LogP contribution < -0.4 is 11.1 Å². The number of nitrogens with two attached hydrogens (primary N) is 1. The van der Waals surface area contributed by atoms with E-state index in [1.165, 1.54) is 5.57 Å². The Morgan fingerprint density at radius 2 is 2.31 bits per heavy atom. The Hall–Kier alpha value is -1.51. The van der Waals surface area contributed by atoms with Crippen LogP contribution in [-0.4, -0.2) is 11.5 Å². The zero-order valence-corrected chi connectivity index (χ0v) is 8.04. The summed E-state index contributed by atoms with van der Waals surface area (Å²) in [6.07, 6.45) is 3.75. The van der Waals surface area contributed by atoms with Gasteiger partial charge in [0.1, 0.15) is 5.82 Å². The van der Waals surface area contributed by atoms with Gasteiger partial charge in [-0.15, -0.1) is 0 Å². The van der Waals surface area contributed by atoms with E-state index in [-0.39, 0.29) is 0 Å². The summed E-state index contributed by atoms with van der Waals surface area (Å²) >= 11 is 0. The molecule has 1 rings (SSSR count). The van der Waals surface area contributed by atoms with Crippen molar-refractivity contribution in [1.82, 2.24) is 4.98 Å². The largest absolute Gasteiger partial charge is 0.397 e. The Bertz CT molecular complexity index is 284. The second-order valence-electron chi connectivity index (χ2n) is 3.14. The van der Waals surface area contributed by atoms with Crippen LogP contribution in [0.5, 0.6) is 0 Å². The Labute approximate surface area is 78.7 Å². The van der Waals surface area contributed by atoms with E-state index in [1.54, 1.807) is 6.20 Å². The van der Waals surface area contributed by atoms with E-state index in [0.29, 0.717) is 5.69 Å². The minimum absolute atomic E-state index is 0.688. The van der Waals surface area contributed by atoms with Crippen molar-refractivity contribution in [2.75, 3.05) is 17.6 Å². The maximum Gasteiger partial charge on any atom is 0.126 e. The maximum absolute atomic E-state index is 5.50. The van der Waals surface area contributed by atoms with Crippen molar-refractivity contribution in [3.05, 3.63) is 30.0 Å². The van der Waals surface area contributed by atoms with Crippen molar-refractivity contribution in [2.24, 2.45) is 0 Å². The Kier molecular flexibility index (Phi) is 3.31. The summed E-state index contributed by atoms with van der Waals surface area (Å²) in [5, 5.41) is 3.16. The van der Waals surface area contributed by atoms with Gasteiger partial charge in [0.15, 0.2) is 0 Å². The number of hydrogen-bond donors (Lipinski definition) is 2. The van der Waals surface area contributed by atoms with Gasteiger partial charge in [-0.2, -0.15) is 0 Å². The van der Waals surface area contributed by atoms with Crippen LogP contribution in [-0.2, 0) is 0 Å². The van der Waals surface area contributed by atoms with E-state index in [4.69, 9.17) is 5.73 Å². The summed E-state index contributed by atoms with van der Waals surface area (Å²) < 4.78 is 0. The number of anilines is 2. The molecule has 3 N–H and O–H groups in total. The highest BCUT2D eigenvalue weighted by atomic mass is 15.0. The third-order valence-electron chi connectivity index (χ3n) is 1.58. The zero-order chi connectivity index (χ0) is 9.68. The zero-order valence-electron chi connectivity index (χ0n) is 8.04. The second-order valence-corrected chi connectivity index (χ2v) is 3.14. The summed E-state index contributed by atoms with van der Waals surface area (Å²) in [5.41, 5.74) is 7.48. The lowest BCUT2D eigenvalue weighted by atomic mass is 10.3. The molecule has 13 heavy (non-hydrogen) atoms. The van der Waals surface area contributed by atoms with Gasteiger partial charge in [-0.25, -0.2) is 4.98 Å². The smallest absolute Gasteiger partial charge is 0.126 e. The van der Waals surface area contributed by atoms with E-state index >= 15 is 0 Å². The molecule has 0 saturated carbocycles. The highest BCUT2D eigenvalue weighted by Gasteiger charge is 1.89. The van der Waals surface area contributed by atoms with Gasteiger partial charge in [-0.3, -0.25) is 0 Å². The SMILES string of the molecule is CC(C)=CCNc1ccc(N)cn1. The van der Waals surface area contributed by atoms with E-state index in [0.717, 1.165) is 12.4 Å². The van der Waals surface area contributed by atoms with Gasteiger partial charge in [0.25, 0.3) is 0 Å². The summed E-state index contributed by atoms with van der Waals surface area (Å²) in [7, 11) is 0. The number of rotatable bonds is 3. The van der Waals surface area contributed by atoms with Gasteiger partial charge in [0, 0.05) is 6.54 Å². The molecule has 0 aromatic carbocycles. The minimum Gasteiger partial charge on any atom is -0.397 e. The number of pyridine rings is 1. The molecule has 0 amide bonds. The third-order valence-corrected chi connectivity index (χ3v) is 1.58. The third kappa shape index (κ3) is 3.60. The Balaban J connectivity index is 2.46. The lowest BCUT2D eigenvalue weighted by molar-refractivity contribution is 1.20. The van der Waals surface area contributed by atoms with Crippen LogP contribution in [0.15, 0.2) is 30.0 Å². The molecule has 0 saturated heterocycles. The van der Waals surface area contributed by atoms with Crippen LogP contribution in [0.4, 0.5) is 11.5 Å². The van der Waals surface area contributed by atoms with Crippen LogP contribution in [0.3, 0.4) is 0 Å². The average Bonchev–Trinajstić information content (AvgIpc) is 2.08. The molecule has 0 aliphatic carbocycles. The molecule has 0 fully saturated rings. The Morgan fingerprint density at radius 1 is 1.54 bits per heavy atom. The standard InChI is InChI=1S/C10H15N3/c1-8(2)5-6-12-10-4-3-9(11)7-13-10/h3-5,7H,6,11H2,1-2H3,(H,12,13). The summed E-state index contributed by atoms with van der Waals surface area (Å²) in [6, 6.07) is 3.70. The molecule has 0 unspecified atom stereocenters. The van der Waals surface area contributed by atoms with Crippen molar-refractivity contribution in [2.45, 2.75) is 13.8 Å². The first-order valence-corrected chi connectivity index (χ1v) is 4.27. The number of nitrogen functional groups attached to an aromatic ring is 1. The molecule has 1 aromatic heterocycles. The predicted octanol–water partition coefficient (Wildman–Crippen LogP) is 2.04. The molecule has 0 aliphatic heterocycles. The fraction of sp³-hybridized carbons (Fsp3) is 0.300. The fourth-order valence-electron chi connectivity index (χ4n) is 0.870.